The maximum absolute atomic E-state index is 14.8. The number of hydrogen-bond donors (Lipinski definition) is 3. The van der Waals surface area contributed by atoms with E-state index in [0.29, 0.717) is 25.1 Å². The number of carbonyl (C=O) groups is 2. The second kappa shape index (κ2) is 8.97. The molecular formula is C22H26FN3O2. The molecule has 1 heterocycles. The molecule has 0 bridgehead atoms. The first-order valence-corrected chi connectivity index (χ1v) is 9.61. The van der Waals surface area contributed by atoms with Gasteiger partial charge in [-0.15, -0.1) is 0 Å². The molecular weight excluding hydrogens is 357 g/mol. The van der Waals surface area contributed by atoms with Gasteiger partial charge in [0, 0.05) is 6.54 Å². The van der Waals surface area contributed by atoms with Crippen LogP contribution in [0, 0.1) is 11.7 Å². The summed E-state index contributed by atoms with van der Waals surface area (Å²) in [6.07, 6.45) is 0.782. The standard InChI is InChI=1S/C22H26FN3O2/c1-14(2)21(26-19(27)12-15-6-4-3-5-7-15)22(28)25-18-9-8-16-13-24-11-10-17(16)20(18)23/h3-9,14,21,24H,10-13H2,1-2H3,(H,25,28)(H,26,27). The highest BCUT2D eigenvalue weighted by Crippen LogP contribution is 2.25. The SMILES string of the molecule is CC(C)C(NC(=O)Cc1ccccc1)C(=O)Nc1ccc2c(c1F)CCNC2. The highest BCUT2D eigenvalue weighted by Gasteiger charge is 2.26. The first-order valence-electron chi connectivity index (χ1n) is 9.61. The van der Waals surface area contributed by atoms with Crippen LogP contribution in [0.1, 0.15) is 30.5 Å². The normalized spacial score (nSPS) is 14.3. The van der Waals surface area contributed by atoms with Crippen LogP contribution in [-0.2, 0) is 29.0 Å². The molecule has 6 heteroatoms. The lowest BCUT2D eigenvalue weighted by Crippen LogP contribution is -2.47. The Morgan fingerprint density at radius 1 is 1.14 bits per heavy atom. The molecule has 2 amide bonds. The molecule has 0 saturated heterocycles. The Labute approximate surface area is 164 Å². The highest BCUT2D eigenvalue weighted by atomic mass is 19.1. The molecule has 2 aromatic rings. The minimum absolute atomic E-state index is 0.135. The number of carbonyl (C=O) groups excluding carboxylic acids is 2. The van der Waals surface area contributed by atoms with Crippen LogP contribution >= 0.6 is 0 Å². The number of nitrogens with one attached hydrogen (secondary N) is 3. The predicted molar refractivity (Wildman–Crippen MR) is 107 cm³/mol. The van der Waals surface area contributed by atoms with Gasteiger partial charge in [0.05, 0.1) is 12.1 Å². The molecule has 28 heavy (non-hydrogen) atoms. The minimum atomic E-state index is -0.742. The van der Waals surface area contributed by atoms with Gasteiger partial charge < -0.3 is 16.0 Å². The summed E-state index contributed by atoms with van der Waals surface area (Å²) in [6.45, 7) is 5.04. The van der Waals surface area contributed by atoms with Gasteiger partial charge in [0.25, 0.3) is 0 Å². The van der Waals surface area contributed by atoms with Crippen LogP contribution in [0.5, 0.6) is 0 Å². The molecule has 148 valence electrons. The molecule has 1 atom stereocenters. The Morgan fingerprint density at radius 3 is 2.61 bits per heavy atom. The highest BCUT2D eigenvalue weighted by molar-refractivity contribution is 5.97. The van der Waals surface area contributed by atoms with Crippen LogP contribution in [0.4, 0.5) is 10.1 Å². The van der Waals surface area contributed by atoms with Gasteiger partial charge in [0.1, 0.15) is 11.9 Å². The van der Waals surface area contributed by atoms with Crippen molar-refractivity contribution in [1.29, 1.82) is 0 Å². The minimum Gasteiger partial charge on any atom is -0.344 e. The molecule has 1 aliphatic heterocycles. The van der Waals surface area contributed by atoms with Crippen LogP contribution in [0.15, 0.2) is 42.5 Å². The summed E-state index contributed by atoms with van der Waals surface area (Å²) < 4.78 is 14.8. The summed E-state index contributed by atoms with van der Waals surface area (Å²) >= 11 is 0. The van der Waals surface area contributed by atoms with Crippen molar-refractivity contribution >= 4 is 17.5 Å². The van der Waals surface area contributed by atoms with Gasteiger partial charge in [0.2, 0.25) is 11.8 Å². The molecule has 3 N–H and O–H groups in total. The van der Waals surface area contributed by atoms with Crippen LogP contribution in [0.2, 0.25) is 0 Å². The number of amides is 2. The molecule has 0 saturated carbocycles. The predicted octanol–water partition coefficient (Wildman–Crippen LogP) is 2.79. The number of benzene rings is 2. The molecule has 3 rings (SSSR count). The van der Waals surface area contributed by atoms with Crippen molar-refractivity contribution in [3.63, 3.8) is 0 Å². The Bertz CT molecular complexity index is 852. The average Bonchev–Trinajstić information content (AvgIpc) is 2.69. The van der Waals surface area contributed by atoms with Gasteiger partial charge in [-0.05, 0) is 41.6 Å². The summed E-state index contributed by atoms with van der Waals surface area (Å²) in [5.41, 5.74) is 2.59. The van der Waals surface area contributed by atoms with Gasteiger partial charge >= 0.3 is 0 Å². The van der Waals surface area contributed by atoms with E-state index >= 15 is 0 Å². The van der Waals surface area contributed by atoms with Crippen molar-refractivity contribution in [3.8, 4) is 0 Å². The van der Waals surface area contributed by atoms with Gasteiger partial charge in [-0.1, -0.05) is 50.2 Å². The first-order chi connectivity index (χ1) is 13.5. The Morgan fingerprint density at radius 2 is 1.89 bits per heavy atom. The van der Waals surface area contributed by atoms with Crippen LogP contribution in [0.25, 0.3) is 0 Å². The van der Waals surface area contributed by atoms with Gasteiger partial charge in [-0.2, -0.15) is 0 Å². The molecule has 0 fully saturated rings. The van der Waals surface area contributed by atoms with Crippen LogP contribution < -0.4 is 16.0 Å². The maximum atomic E-state index is 14.8. The third-order valence-corrected chi connectivity index (χ3v) is 4.94. The van der Waals surface area contributed by atoms with Crippen LogP contribution in [-0.4, -0.2) is 24.4 Å². The van der Waals surface area contributed by atoms with Gasteiger partial charge in [-0.3, -0.25) is 9.59 Å². The average molecular weight is 383 g/mol. The zero-order chi connectivity index (χ0) is 20.1. The van der Waals surface area contributed by atoms with E-state index in [9.17, 15) is 14.0 Å². The molecule has 0 aliphatic carbocycles. The largest absolute Gasteiger partial charge is 0.344 e. The first kappa shape index (κ1) is 20.0. The lowest BCUT2D eigenvalue weighted by molar-refractivity contribution is -0.127. The van der Waals surface area contributed by atoms with Crippen molar-refractivity contribution in [2.45, 2.75) is 39.3 Å². The molecule has 5 nitrogen and oxygen atoms in total. The number of fused-ring (bicyclic) bond motifs is 1. The number of halogens is 1. The summed E-state index contributed by atoms with van der Waals surface area (Å²) in [4.78, 5) is 25.1. The zero-order valence-corrected chi connectivity index (χ0v) is 16.2. The number of anilines is 1. The van der Waals surface area contributed by atoms with E-state index in [0.717, 1.165) is 11.1 Å². The quantitative estimate of drug-likeness (QED) is 0.718. The van der Waals surface area contributed by atoms with E-state index in [1.807, 2.05) is 50.2 Å². The number of hydrogen-bond acceptors (Lipinski definition) is 3. The molecule has 1 unspecified atom stereocenters. The topological polar surface area (TPSA) is 70.2 Å². The van der Waals surface area contributed by atoms with Crippen molar-refractivity contribution in [1.82, 2.24) is 10.6 Å². The van der Waals surface area contributed by atoms with Gasteiger partial charge in [0.15, 0.2) is 0 Å². The fourth-order valence-electron chi connectivity index (χ4n) is 3.38. The van der Waals surface area contributed by atoms with E-state index in [4.69, 9.17) is 0 Å². The summed E-state index contributed by atoms with van der Waals surface area (Å²) in [6, 6.07) is 12.0. The van der Waals surface area contributed by atoms with Crippen molar-refractivity contribution in [3.05, 3.63) is 65.0 Å². The Balaban J connectivity index is 1.69. The van der Waals surface area contributed by atoms with Crippen molar-refractivity contribution < 1.29 is 14.0 Å². The van der Waals surface area contributed by atoms with Crippen LogP contribution in [0.3, 0.4) is 0 Å². The third-order valence-electron chi connectivity index (χ3n) is 4.94. The lowest BCUT2D eigenvalue weighted by Gasteiger charge is -2.23. The van der Waals surface area contributed by atoms with Crippen molar-refractivity contribution in [2.75, 3.05) is 11.9 Å². The van der Waals surface area contributed by atoms with Gasteiger partial charge in [-0.25, -0.2) is 4.39 Å². The zero-order valence-electron chi connectivity index (χ0n) is 16.2. The summed E-state index contributed by atoms with van der Waals surface area (Å²) in [5, 5.41) is 8.65. The molecule has 0 aromatic heterocycles. The van der Waals surface area contributed by atoms with E-state index < -0.39 is 11.9 Å². The van der Waals surface area contributed by atoms with E-state index in [-0.39, 0.29) is 29.8 Å². The monoisotopic (exact) mass is 383 g/mol. The summed E-state index contributed by atoms with van der Waals surface area (Å²) in [5.74, 6) is -1.17. The smallest absolute Gasteiger partial charge is 0.247 e. The molecule has 0 radical (unpaired) electrons. The molecule has 0 spiro atoms. The third kappa shape index (κ3) is 4.75. The van der Waals surface area contributed by atoms with E-state index in [2.05, 4.69) is 16.0 Å². The second-order valence-electron chi connectivity index (χ2n) is 7.43. The lowest BCUT2D eigenvalue weighted by atomic mass is 9.99. The van der Waals surface area contributed by atoms with Crippen molar-refractivity contribution in [2.24, 2.45) is 5.92 Å². The number of rotatable bonds is 6. The summed E-state index contributed by atoms with van der Waals surface area (Å²) in [7, 11) is 0. The Hall–Kier alpha value is -2.73. The fraction of sp³-hybridized carbons (Fsp3) is 0.364. The van der Waals surface area contributed by atoms with E-state index in [1.165, 1.54) is 0 Å². The molecule has 1 aliphatic rings. The van der Waals surface area contributed by atoms with E-state index in [1.54, 1.807) is 6.07 Å². The molecule has 2 aromatic carbocycles. The maximum Gasteiger partial charge on any atom is 0.247 e. The Kier molecular flexibility index (Phi) is 6.41. The fourth-order valence-corrected chi connectivity index (χ4v) is 3.38. The second-order valence-corrected chi connectivity index (χ2v) is 7.43.